The Kier molecular flexibility index (Phi) is 3.30. The molecule has 0 N–H and O–H groups in total. The fourth-order valence-electron chi connectivity index (χ4n) is 2.35. The predicted octanol–water partition coefficient (Wildman–Crippen LogP) is 2.66. The van der Waals surface area contributed by atoms with Crippen molar-refractivity contribution in [3.05, 3.63) is 35.9 Å². The van der Waals surface area contributed by atoms with Crippen LogP contribution in [0.1, 0.15) is 12.5 Å². The number of methoxy groups -OCH3 is 1. The molecule has 2 heteroatoms. The number of likely N-dealkylation sites (N-methyl/N-ethyl adjacent to an activating group) is 1. The van der Waals surface area contributed by atoms with Crippen LogP contribution in [0, 0.1) is 5.92 Å². The highest BCUT2D eigenvalue weighted by atomic mass is 16.5. The SMILES string of the molecule is COc1ccccc1C1=CCN(C)CC1C. The largest absolute Gasteiger partial charge is 0.496 e. The van der Waals surface area contributed by atoms with Crippen LogP contribution in [0.25, 0.3) is 5.57 Å². The molecule has 0 spiro atoms. The maximum absolute atomic E-state index is 5.42. The minimum absolute atomic E-state index is 0.565. The summed E-state index contributed by atoms with van der Waals surface area (Å²) in [4.78, 5) is 2.34. The molecule has 86 valence electrons. The average molecular weight is 217 g/mol. The molecule has 1 heterocycles. The van der Waals surface area contributed by atoms with Gasteiger partial charge < -0.3 is 9.64 Å². The van der Waals surface area contributed by atoms with Gasteiger partial charge in [0.25, 0.3) is 0 Å². The second-order valence-electron chi connectivity index (χ2n) is 4.48. The summed E-state index contributed by atoms with van der Waals surface area (Å²) in [5.41, 5.74) is 2.65. The van der Waals surface area contributed by atoms with Gasteiger partial charge in [0, 0.05) is 18.7 Å². The van der Waals surface area contributed by atoms with Gasteiger partial charge in [-0.3, -0.25) is 0 Å². The minimum atomic E-state index is 0.565. The predicted molar refractivity (Wildman–Crippen MR) is 67.6 cm³/mol. The summed E-state index contributed by atoms with van der Waals surface area (Å²) in [6.07, 6.45) is 2.31. The van der Waals surface area contributed by atoms with Gasteiger partial charge in [-0.15, -0.1) is 0 Å². The van der Waals surface area contributed by atoms with E-state index in [-0.39, 0.29) is 0 Å². The van der Waals surface area contributed by atoms with Gasteiger partial charge in [-0.25, -0.2) is 0 Å². The van der Waals surface area contributed by atoms with Crippen molar-refractivity contribution >= 4 is 5.57 Å². The minimum Gasteiger partial charge on any atom is -0.496 e. The topological polar surface area (TPSA) is 12.5 Å². The van der Waals surface area contributed by atoms with E-state index in [1.807, 2.05) is 12.1 Å². The first kappa shape index (κ1) is 11.2. The molecule has 1 aromatic rings. The normalized spacial score (nSPS) is 21.7. The lowest BCUT2D eigenvalue weighted by atomic mass is 9.90. The van der Waals surface area contributed by atoms with Crippen LogP contribution in [0.15, 0.2) is 30.3 Å². The van der Waals surface area contributed by atoms with E-state index in [4.69, 9.17) is 4.74 Å². The van der Waals surface area contributed by atoms with E-state index >= 15 is 0 Å². The Labute approximate surface area is 97.5 Å². The van der Waals surface area contributed by atoms with E-state index in [0.29, 0.717) is 5.92 Å². The van der Waals surface area contributed by atoms with E-state index in [2.05, 4.69) is 37.1 Å². The number of hydrogen-bond acceptors (Lipinski definition) is 2. The molecule has 1 aromatic carbocycles. The molecule has 0 saturated carbocycles. The highest BCUT2D eigenvalue weighted by Gasteiger charge is 2.19. The Hall–Kier alpha value is -1.28. The van der Waals surface area contributed by atoms with Crippen molar-refractivity contribution in [3.8, 4) is 5.75 Å². The molecule has 1 aliphatic heterocycles. The van der Waals surface area contributed by atoms with Gasteiger partial charge in [0.15, 0.2) is 0 Å². The van der Waals surface area contributed by atoms with E-state index in [9.17, 15) is 0 Å². The van der Waals surface area contributed by atoms with Crippen molar-refractivity contribution in [2.75, 3.05) is 27.2 Å². The highest BCUT2D eigenvalue weighted by molar-refractivity contribution is 5.72. The number of para-hydroxylation sites is 1. The van der Waals surface area contributed by atoms with Crippen LogP contribution in [0.5, 0.6) is 5.75 Å². The molecule has 2 rings (SSSR count). The zero-order valence-corrected chi connectivity index (χ0v) is 10.2. The lowest BCUT2D eigenvalue weighted by Crippen LogP contribution is -2.29. The lowest BCUT2D eigenvalue weighted by molar-refractivity contribution is 0.328. The summed E-state index contributed by atoms with van der Waals surface area (Å²) in [5, 5.41) is 0. The van der Waals surface area contributed by atoms with Gasteiger partial charge in [-0.05, 0) is 24.6 Å². The van der Waals surface area contributed by atoms with Crippen LogP contribution >= 0.6 is 0 Å². The second-order valence-corrected chi connectivity index (χ2v) is 4.48. The number of nitrogens with zero attached hydrogens (tertiary/aromatic N) is 1. The smallest absolute Gasteiger partial charge is 0.126 e. The zero-order valence-electron chi connectivity index (χ0n) is 10.2. The van der Waals surface area contributed by atoms with Crippen molar-refractivity contribution in [2.45, 2.75) is 6.92 Å². The van der Waals surface area contributed by atoms with Crippen LogP contribution in [-0.2, 0) is 0 Å². The van der Waals surface area contributed by atoms with E-state index in [0.717, 1.165) is 18.8 Å². The molecule has 0 radical (unpaired) electrons. The van der Waals surface area contributed by atoms with Crippen LogP contribution < -0.4 is 4.74 Å². The summed E-state index contributed by atoms with van der Waals surface area (Å²) in [7, 11) is 3.89. The molecule has 0 aliphatic carbocycles. The van der Waals surface area contributed by atoms with E-state index in [1.54, 1.807) is 7.11 Å². The van der Waals surface area contributed by atoms with Gasteiger partial charge in [0.1, 0.15) is 5.75 Å². The van der Waals surface area contributed by atoms with Crippen LogP contribution in [0.2, 0.25) is 0 Å². The maximum atomic E-state index is 5.42. The maximum Gasteiger partial charge on any atom is 0.126 e. The van der Waals surface area contributed by atoms with Gasteiger partial charge in [-0.2, -0.15) is 0 Å². The molecular formula is C14H19NO. The van der Waals surface area contributed by atoms with Crippen molar-refractivity contribution in [2.24, 2.45) is 5.92 Å². The first-order valence-electron chi connectivity index (χ1n) is 5.74. The molecule has 1 atom stereocenters. The summed E-state index contributed by atoms with van der Waals surface area (Å²) in [6, 6.07) is 8.26. The third-order valence-corrected chi connectivity index (χ3v) is 3.16. The molecule has 0 amide bonds. The quantitative estimate of drug-likeness (QED) is 0.755. The second kappa shape index (κ2) is 4.71. The third-order valence-electron chi connectivity index (χ3n) is 3.16. The monoisotopic (exact) mass is 217 g/mol. The van der Waals surface area contributed by atoms with Crippen molar-refractivity contribution < 1.29 is 4.74 Å². The highest BCUT2D eigenvalue weighted by Crippen LogP contribution is 2.32. The molecule has 0 bridgehead atoms. The fraction of sp³-hybridized carbons (Fsp3) is 0.429. The van der Waals surface area contributed by atoms with Gasteiger partial charge in [0.05, 0.1) is 7.11 Å². The molecule has 16 heavy (non-hydrogen) atoms. The Morgan fingerprint density at radius 2 is 2.06 bits per heavy atom. The lowest BCUT2D eigenvalue weighted by Gasteiger charge is -2.28. The first-order valence-corrected chi connectivity index (χ1v) is 5.74. The number of rotatable bonds is 2. The molecule has 2 nitrogen and oxygen atoms in total. The number of benzene rings is 1. The van der Waals surface area contributed by atoms with Crippen molar-refractivity contribution in [3.63, 3.8) is 0 Å². The Balaban J connectivity index is 2.36. The van der Waals surface area contributed by atoms with Crippen molar-refractivity contribution in [1.29, 1.82) is 0 Å². The van der Waals surface area contributed by atoms with Gasteiger partial charge in [-0.1, -0.05) is 31.2 Å². The molecule has 0 aromatic heterocycles. The number of hydrogen-bond donors (Lipinski definition) is 0. The molecule has 1 unspecified atom stereocenters. The fourth-order valence-corrected chi connectivity index (χ4v) is 2.35. The van der Waals surface area contributed by atoms with Crippen molar-refractivity contribution in [1.82, 2.24) is 4.90 Å². The summed E-state index contributed by atoms with van der Waals surface area (Å²) >= 11 is 0. The third kappa shape index (κ3) is 2.12. The zero-order chi connectivity index (χ0) is 11.5. The molecule has 0 saturated heterocycles. The summed E-state index contributed by atoms with van der Waals surface area (Å²) in [5.74, 6) is 1.54. The average Bonchev–Trinajstić information content (AvgIpc) is 2.29. The first-order chi connectivity index (χ1) is 7.72. The molecule has 1 aliphatic rings. The molecular weight excluding hydrogens is 198 g/mol. The standard InChI is InChI=1S/C14H19NO/c1-11-10-15(2)9-8-12(11)13-6-4-5-7-14(13)16-3/h4-8,11H,9-10H2,1-3H3. The summed E-state index contributed by atoms with van der Waals surface area (Å²) < 4.78 is 5.42. The van der Waals surface area contributed by atoms with Crippen LogP contribution in [-0.4, -0.2) is 32.1 Å². The van der Waals surface area contributed by atoms with Crippen LogP contribution in [0.4, 0.5) is 0 Å². The molecule has 0 fully saturated rings. The van der Waals surface area contributed by atoms with E-state index < -0.39 is 0 Å². The number of ether oxygens (including phenoxy) is 1. The van der Waals surface area contributed by atoms with Gasteiger partial charge in [0.2, 0.25) is 0 Å². The Bertz CT molecular complexity index is 397. The van der Waals surface area contributed by atoms with Crippen LogP contribution in [0.3, 0.4) is 0 Å². The Morgan fingerprint density at radius 1 is 1.31 bits per heavy atom. The summed E-state index contributed by atoms with van der Waals surface area (Å²) in [6.45, 7) is 4.41. The Morgan fingerprint density at radius 3 is 2.75 bits per heavy atom. The van der Waals surface area contributed by atoms with E-state index in [1.165, 1.54) is 11.1 Å². The van der Waals surface area contributed by atoms with Gasteiger partial charge >= 0.3 is 0 Å².